The standard InChI is InChI=1S/C11H12BrN3O/c12-11-13-9-3-1-2-8(9)10(14-11)15-4-6-16-7-5-15/h1,3H,2,4-7H2. The number of nitrogens with zero attached hydrogens (tertiary/aromatic N) is 3. The van der Waals surface area contributed by atoms with Crippen LogP contribution in [0.15, 0.2) is 10.8 Å². The van der Waals surface area contributed by atoms with Crippen LogP contribution in [0.4, 0.5) is 5.82 Å². The number of morpholine rings is 1. The lowest BCUT2D eigenvalue weighted by molar-refractivity contribution is 0.122. The van der Waals surface area contributed by atoms with E-state index in [9.17, 15) is 0 Å². The summed E-state index contributed by atoms with van der Waals surface area (Å²) in [6, 6.07) is 0. The minimum atomic E-state index is 0.666. The smallest absolute Gasteiger partial charge is 0.199 e. The lowest BCUT2D eigenvalue weighted by Crippen LogP contribution is -2.37. The average Bonchev–Trinajstić information content (AvgIpc) is 2.77. The van der Waals surface area contributed by atoms with Gasteiger partial charge in [0.1, 0.15) is 5.82 Å². The summed E-state index contributed by atoms with van der Waals surface area (Å²) in [5, 5.41) is 0. The molecule has 1 aliphatic carbocycles. The first-order valence-corrected chi connectivity index (χ1v) is 6.19. The molecule has 1 saturated heterocycles. The molecule has 0 amide bonds. The topological polar surface area (TPSA) is 38.2 Å². The van der Waals surface area contributed by atoms with Gasteiger partial charge in [-0.05, 0) is 28.4 Å². The van der Waals surface area contributed by atoms with Crippen LogP contribution >= 0.6 is 15.9 Å². The summed E-state index contributed by atoms with van der Waals surface area (Å²) >= 11 is 3.37. The van der Waals surface area contributed by atoms with Crippen LogP contribution in [0.3, 0.4) is 0 Å². The lowest BCUT2D eigenvalue weighted by atomic mass is 10.2. The van der Waals surface area contributed by atoms with E-state index in [0.717, 1.165) is 44.2 Å². The quantitative estimate of drug-likeness (QED) is 0.734. The highest BCUT2D eigenvalue weighted by Crippen LogP contribution is 2.28. The Bertz CT molecular complexity index is 441. The van der Waals surface area contributed by atoms with E-state index >= 15 is 0 Å². The van der Waals surface area contributed by atoms with Crippen molar-refractivity contribution in [2.24, 2.45) is 0 Å². The van der Waals surface area contributed by atoms with Gasteiger partial charge in [0.05, 0.1) is 18.9 Å². The second-order valence-corrected chi connectivity index (χ2v) is 4.60. The van der Waals surface area contributed by atoms with Crippen LogP contribution in [0.5, 0.6) is 0 Å². The van der Waals surface area contributed by atoms with Crippen molar-refractivity contribution >= 4 is 27.8 Å². The van der Waals surface area contributed by atoms with Gasteiger partial charge in [0.15, 0.2) is 4.73 Å². The van der Waals surface area contributed by atoms with Gasteiger partial charge in [-0.2, -0.15) is 0 Å². The fourth-order valence-electron chi connectivity index (χ4n) is 2.12. The molecule has 4 nitrogen and oxygen atoms in total. The summed E-state index contributed by atoms with van der Waals surface area (Å²) < 4.78 is 6.02. The molecule has 3 rings (SSSR count). The highest BCUT2D eigenvalue weighted by Gasteiger charge is 2.21. The van der Waals surface area contributed by atoms with Crippen molar-refractivity contribution in [1.29, 1.82) is 0 Å². The third-order valence-electron chi connectivity index (χ3n) is 2.90. The van der Waals surface area contributed by atoms with Gasteiger partial charge in [-0.25, -0.2) is 9.97 Å². The summed E-state index contributed by atoms with van der Waals surface area (Å²) in [5.74, 6) is 1.06. The predicted octanol–water partition coefficient (Wildman–Crippen LogP) is 1.64. The normalized spacial score (nSPS) is 18.9. The monoisotopic (exact) mass is 281 g/mol. The maximum absolute atomic E-state index is 5.36. The first kappa shape index (κ1) is 10.2. The van der Waals surface area contributed by atoms with E-state index in [4.69, 9.17) is 4.74 Å². The molecule has 0 radical (unpaired) electrons. The molecular weight excluding hydrogens is 270 g/mol. The molecule has 16 heavy (non-hydrogen) atoms. The van der Waals surface area contributed by atoms with Gasteiger partial charge in [0.2, 0.25) is 0 Å². The Labute approximate surface area is 102 Å². The first-order chi connectivity index (χ1) is 7.84. The number of fused-ring (bicyclic) bond motifs is 1. The van der Waals surface area contributed by atoms with Gasteiger partial charge >= 0.3 is 0 Å². The Hall–Kier alpha value is -0.940. The highest BCUT2D eigenvalue weighted by atomic mass is 79.9. The van der Waals surface area contributed by atoms with Crippen molar-refractivity contribution in [2.45, 2.75) is 6.42 Å². The molecule has 0 unspecified atom stereocenters. The van der Waals surface area contributed by atoms with Crippen molar-refractivity contribution in [3.63, 3.8) is 0 Å². The van der Waals surface area contributed by atoms with Crippen molar-refractivity contribution in [1.82, 2.24) is 9.97 Å². The molecule has 2 aliphatic rings. The highest BCUT2D eigenvalue weighted by molar-refractivity contribution is 9.10. The molecule has 0 N–H and O–H groups in total. The number of ether oxygens (including phenoxy) is 1. The molecule has 0 aromatic carbocycles. The Morgan fingerprint density at radius 3 is 2.88 bits per heavy atom. The summed E-state index contributed by atoms with van der Waals surface area (Å²) in [6.45, 7) is 3.39. The molecule has 0 bridgehead atoms. The van der Waals surface area contributed by atoms with Gasteiger partial charge in [-0.15, -0.1) is 0 Å². The minimum Gasteiger partial charge on any atom is -0.378 e. The van der Waals surface area contributed by atoms with Crippen molar-refractivity contribution in [2.75, 3.05) is 31.2 Å². The maximum Gasteiger partial charge on any atom is 0.199 e. The zero-order valence-corrected chi connectivity index (χ0v) is 10.4. The Kier molecular flexibility index (Phi) is 2.65. The van der Waals surface area contributed by atoms with Crippen LogP contribution < -0.4 is 4.90 Å². The van der Waals surface area contributed by atoms with E-state index < -0.39 is 0 Å². The Morgan fingerprint density at radius 2 is 2.06 bits per heavy atom. The molecule has 1 aliphatic heterocycles. The van der Waals surface area contributed by atoms with Gasteiger partial charge in [0, 0.05) is 18.7 Å². The van der Waals surface area contributed by atoms with E-state index in [-0.39, 0.29) is 0 Å². The molecule has 1 aromatic rings. The van der Waals surface area contributed by atoms with Crippen LogP contribution in [0, 0.1) is 0 Å². The number of aromatic nitrogens is 2. The minimum absolute atomic E-state index is 0.666. The SMILES string of the molecule is Brc1nc2c(c(N3CCOCC3)n1)CC=C2. The molecule has 0 saturated carbocycles. The first-order valence-electron chi connectivity index (χ1n) is 5.40. The van der Waals surface area contributed by atoms with Crippen LogP contribution in [0.1, 0.15) is 11.3 Å². The summed E-state index contributed by atoms with van der Waals surface area (Å²) in [4.78, 5) is 11.2. The Balaban J connectivity index is 2.00. The number of halogens is 1. The van der Waals surface area contributed by atoms with Crippen molar-refractivity contribution in [3.05, 3.63) is 22.1 Å². The fourth-order valence-corrected chi connectivity index (χ4v) is 2.48. The summed E-state index contributed by atoms with van der Waals surface area (Å²) in [6.07, 6.45) is 5.14. The number of hydrogen-bond donors (Lipinski definition) is 0. The van der Waals surface area contributed by atoms with Gasteiger partial charge < -0.3 is 9.64 Å². The van der Waals surface area contributed by atoms with Gasteiger partial charge in [0.25, 0.3) is 0 Å². The average molecular weight is 282 g/mol. The zero-order valence-electron chi connectivity index (χ0n) is 8.82. The van der Waals surface area contributed by atoms with Crippen LogP contribution in [-0.2, 0) is 11.2 Å². The zero-order chi connectivity index (χ0) is 11.0. The number of anilines is 1. The maximum atomic E-state index is 5.36. The summed E-state index contributed by atoms with van der Waals surface area (Å²) in [5.41, 5.74) is 2.29. The van der Waals surface area contributed by atoms with E-state index in [1.807, 2.05) is 0 Å². The molecule has 84 valence electrons. The van der Waals surface area contributed by atoms with Crippen molar-refractivity contribution < 1.29 is 4.74 Å². The number of rotatable bonds is 1. The van der Waals surface area contributed by atoms with E-state index in [0.29, 0.717) is 4.73 Å². The van der Waals surface area contributed by atoms with Crippen LogP contribution in [-0.4, -0.2) is 36.3 Å². The molecule has 2 heterocycles. The molecule has 0 spiro atoms. The van der Waals surface area contributed by atoms with Gasteiger partial charge in [-0.3, -0.25) is 0 Å². The second-order valence-electron chi connectivity index (χ2n) is 3.89. The van der Waals surface area contributed by atoms with Gasteiger partial charge in [-0.1, -0.05) is 6.08 Å². The van der Waals surface area contributed by atoms with E-state index in [1.54, 1.807) is 0 Å². The number of allylic oxidation sites excluding steroid dienone is 1. The third-order valence-corrected chi connectivity index (χ3v) is 3.25. The fraction of sp³-hybridized carbons (Fsp3) is 0.455. The summed E-state index contributed by atoms with van der Waals surface area (Å²) in [7, 11) is 0. The lowest BCUT2D eigenvalue weighted by Gasteiger charge is -2.29. The number of hydrogen-bond acceptors (Lipinski definition) is 4. The molecular formula is C11H12BrN3O. The third kappa shape index (κ3) is 1.74. The van der Waals surface area contributed by atoms with Crippen LogP contribution in [0.25, 0.3) is 6.08 Å². The Morgan fingerprint density at radius 1 is 1.25 bits per heavy atom. The predicted molar refractivity (Wildman–Crippen MR) is 65.5 cm³/mol. The van der Waals surface area contributed by atoms with Crippen molar-refractivity contribution in [3.8, 4) is 0 Å². The second kappa shape index (κ2) is 4.14. The molecule has 0 atom stereocenters. The molecule has 1 aromatic heterocycles. The molecule has 1 fully saturated rings. The van der Waals surface area contributed by atoms with Crippen LogP contribution in [0.2, 0.25) is 0 Å². The largest absolute Gasteiger partial charge is 0.378 e. The van der Waals surface area contributed by atoms with E-state index in [1.165, 1.54) is 5.56 Å². The van der Waals surface area contributed by atoms with E-state index in [2.05, 4.69) is 42.9 Å². The molecule has 5 heteroatoms.